The SMILES string of the molecule is O=C(Nc1ccc(C(F)(F)F)cc1)c1cc(S(=O)(=O)N2CCN(c3cccc(Cl)c3)CC2)ccc1F. The van der Waals surface area contributed by atoms with E-state index in [2.05, 4.69) is 5.32 Å². The van der Waals surface area contributed by atoms with Gasteiger partial charge >= 0.3 is 6.18 Å². The summed E-state index contributed by atoms with van der Waals surface area (Å²) in [7, 11) is -4.03. The summed E-state index contributed by atoms with van der Waals surface area (Å²) in [5, 5.41) is 2.86. The number of halogens is 5. The molecule has 6 nitrogen and oxygen atoms in total. The van der Waals surface area contributed by atoms with E-state index in [9.17, 15) is 30.8 Å². The fourth-order valence-electron chi connectivity index (χ4n) is 3.79. The lowest BCUT2D eigenvalue weighted by molar-refractivity contribution is -0.137. The summed E-state index contributed by atoms with van der Waals surface area (Å²) >= 11 is 6.03. The zero-order valence-corrected chi connectivity index (χ0v) is 20.2. The van der Waals surface area contributed by atoms with Gasteiger partial charge in [0.15, 0.2) is 0 Å². The highest BCUT2D eigenvalue weighted by molar-refractivity contribution is 7.89. The zero-order valence-electron chi connectivity index (χ0n) is 18.6. The zero-order chi connectivity index (χ0) is 26.1. The van der Waals surface area contributed by atoms with Gasteiger partial charge in [0, 0.05) is 42.6 Å². The van der Waals surface area contributed by atoms with Crippen LogP contribution in [0.15, 0.2) is 71.6 Å². The highest BCUT2D eigenvalue weighted by Gasteiger charge is 2.31. The van der Waals surface area contributed by atoms with Crippen LogP contribution < -0.4 is 10.2 Å². The van der Waals surface area contributed by atoms with Crippen LogP contribution in [0.25, 0.3) is 0 Å². The van der Waals surface area contributed by atoms with Crippen molar-refractivity contribution < 1.29 is 30.8 Å². The number of anilines is 2. The molecule has 4 rings (SSSR count). The molecule has 1 fully saturated rings. The van der Waals surface area contributed by atoms with Crippen LogP contribution in [0.2, 0.25) is 5.02 Å². The van der Waals surface area contributed by atoms with Gasteiger partial charge < -0.3 is 10.2 Å². The normalized spacial score (nSPS) is 15.1. The van der Waals surface area contributed by atoms with E-state index in [0.29, 0.717) is 18.1 Å². The summed E-state index contributed by atoms with van der Waals surface area (Å²) in [6.45, 7) is 1.14. The molecule has 190 valence electrons. The maximum Gasteiger partial charge on any atom is 0.416 e. The number of carbonyl (C=O) groups excluding carboxylic acids is 1. The van der Waals surface area contributed by atoms with E-state index in [1.807, 2.05) is 11.0 Å². The molecule has 0 unspecified atom stereocenters. The van der Waals surface area contributed by atoms with Crippen molar-refractivity contribution in [1.29, 1.82) is 0 Å². The summed E-state index contributed by atoms with van der Waals surface area (Å²) in [6, 6.07) is 13.7. The molecule has 0 aromatic heterocycles. The molecule has 0 spiro atoms. The Morgan fingerprint density at radius 1 is 0.917 bits per heavy atom. The molecule has 0 bridgehead atoms. The number of alkyl halides is 3. The molecule has 0 atom stereocenters. The van der Waals surface area contributed by atoms with Crippen molar-refractivity contribution in [1.82, 2.24) is 4.31 Å². The number of piperazine rings is 1. The molecular formula is C24H20ClF4N3O3S. The molecule has 1 aliphatic rings. The van der Waals surface area contributed by atoms with Crippen molar-refractivity contribution in [2.75, 3.05) is 36.4 Å². The third-order valence-electron chi connectivity index (χ3n) is 5.70. The Labute approximate surface area is 210 Å². The summed E-state index contributed by atoms with van der Waals surface area (Å²) in [6.07, 6.45) is -4.54. The van der Waals surface area contributed by atoms with Gasteiger partial charge in [-0.15, -0.1) is 0 Å². The monoisotopic (exact) mass is 541 g/mol. The minimum absolute atomic E-state index is 0.00204. The molecule has 12 heteroatoms. The van der Waals surface area contributed by atoms with Gasteiger partial charge in [0.1, 0.15) is 5.82 Å². The number of benzene rings is 3. The first kappa shape index (κ1) is 25.9. The van der Waals surface area contributed by atoms with E-state index < -0.39 is 39.1 Å². The van der Waals surface area contributed by atoms with Crippen molar-refractivity contribution in [2.24, 2.45) is 0 Å². The smallest absolute Gasteiger partial charge is 0.369 e. The van der Waals surface area contributed by atoms with E-state index in [-0.39, 0.29) is 23.7 Å². The first-order valence-electron chi connectivity index (χ1n) is 10.7. The van der Waals surface area contributed by atoms with E-state index in [4.69, 9.17) is 11.6 Å². The molecular weight excluding hydrogens is 522 g/mol. The predicted octanol–water partition coefficient (Wildman–Crippen LogP) is 5.26. The van der Waals surface area contributed by atoms with Crippen LogP contribution in [0.4, 0.5) is 28.9 Å². The Morgan fingerprint density at radius 3 is 2.19 bits per heavy atom. The Balaban J connectivity index is 1.48. The number of carbonyl (C=O) groups is 1. The Hall–Kier alpha value is -3.15. The fourth-order valence-corrected chi connectivity index (χ4v) is 5.42. The third-order valence-corrected chi connectivity index (χ3v) is 7.83. The number of nitrogens with one attached hydrogen (secondary N) is 1. The van der Waals surface area contributed by atoms with Gasteiger partial charge in [-0.05, 0) is 60.7 Å². The van der Waals surface area contributed by atoms with Crippen LogP contribution in [0.5, 0.6) is 0 Å². The first-order chi connectivity index (χ1) is 16.9. The molecule has 0 aliphatic carbocycles. The Morgan fingerprint density at radius 2 is 1.58 bits per heavy atom. The topological polar surface area (TPSA) is 69.7 Å². The maximum absolute atomic E-state index is 14.4. The van der Waals surface area contributed by atoms with Crippen LogP contribution in [-0.4, -0.2) is 44.8 Å². The van der Waals surface area contributed by atoms with Crippen molar-refractivity contribution in [3.63, 3.8) is 0 Å². The van der Waals surface area contributed by atoms with Crippen molar-refractivity contribution in [3.05, 3.63) is 88.7 Å². The molecule has 1 N–H and O–H groups in total. The average Bonchev–Trinajstić information content (AvgIpc) is 2.84. The molecule has 3 aromatic rings. The predicted molar refractivity (Wildman–Crippen MR) is 128 cm³/mol. The summed E-state index contributed by atoms with van der Waals surface area (Å²) < 4.78 is 80.2. The van der Waals surface area contributed by atoms with E-state index in [1.54, 1.807) is 18.2 Å². The second-order valence-electron chi connectivity index (χ2n) is 8.04. The highest BCUT2D eigenvalue weighted by Crippen LogP contribution is 2.30. The molecule has 1 heterocycles. The second kappa shape index (κ2) is 10.1. The van der Waals surface area contributed by atoms with Crippen molar-refractivity contribution in [3.8, 4) is 0 Å². The summed E-state index contributed by atoms with van der Waals surface area (Å²) in [4.78, 5) is 14.3. The number of sulfonamides is 1. The molecule has 0 radical (unpaired) electrons. The van der Waals surface area contributed by atoms with Crippen LogP contribution in [-0.2, 0) is 16.2 Å². The summed E-state index contributed by atoms with van der Waals surface area (Å²) in [5.41, 5.74) is -0.592. The van der Waals surface area contributed by atoms with E-state index >= 15 is 0 Å². The lowest BCUT2D eigenvalue weighted by Gasteiger charge is -2.35. The number of hydrogen-bond acceptors (Lipinski definition) is 4. The molecule has 1 saturated heterocycles. The van der Waals surface area contributed by atoms with Crippen LogP contribution in [0.1, 0.15) is 15.9 Å². The lowest BCUT2D eigenvalue weighted by Crippen LogP contribution is -2.48. The van der Waals surface area contributed by atoms with Gasteiger partial charge in [-0.2, -0.15) is 17.5 Å². The maximum atomic E-state index is 14.4. The lowest BCUT2D eigenvalue weighted by atomic mass is 10.1. The van der Waals surface area contributed by atoms with Crippen molar-refractivity contribution >= 4 is 38.9 Å². The largest absolute Gasteiger partial charge is 0.416 e. The summed E-state index contributed by atoms with van der Waals surface area (Å²) in [5.74, 6) is -1.96. The Bertz CT molecular complexity index is 1370. The van der Waals surface area contributed by atoms with Crippen LogP contribution in [0.3, 0.4) is 0 Å². The van der Waals surface area contributed by atoms with Gasteiger partial charge in [-0.1, -0.05) is 17.7 Å². The molecule has 3 aromatic carbocycles. The van der Waals surface area contributed by atoms with Crippen LogP contribution >= 0.6 is 11.6 Å². The van der Waals surface area contributed by atoms with Crippen LogP contribution in [0, 0.1) is 5.82 Å². The highest BCUT2D eigenvalue weighted by atomic mass is 35.5. The van der Waals surface area contributed by atoms with Gasteiger partial charge in [0.25, 0.3) is 5.91 Å². The fraction of sp³-hybridized carbons (Fsp3) is 0.208. The molecule has 1 aliphatic heterocycles. The number of nitrogens with zero attached hydrogens (tertiary/aromatic N) is 2. The van der Waals surface area contributed by atoms with E-state index in [0.717, 1.165) is 48.2 Å². The minimum atomic E-state index is -4.54. The van der Waals surface area contributed by atoms with Gasteiger partial charge in [0.2, 0.25) is 10.0 Å². The standard InChI is InChI=1S/C24H20ClF4N3O3S/c25-17-2-1-3-19(14-17)31-10-12-32(13-11-31)36(34,35)20-8-9-22(26)21(15-20)23(33)30-18-6-4-16(5-7-18)24(27,28)29/h1-9,14-15H,10-13H2,(H,30,33). The molecule has 0 saturated carbocycles. The number of amides is 1. The second-order valence-corrected chi connectivity index (χ2v) is 10.4. The first-order valence-corrected chi connectivity index (χ1v) is 12.6. The quantitative estimate of drug-likeness (QED) is 0.447. The average molecular weight is 542 g/mol. The van der Waals surface area contributed by atoms with Crippen molar-refractivity contribution in [2.45, 2.75) is 11.1 Å². The van der Waals surface area contributed by atoms with Gasteiger partial charge in [-0.25, -0.2) is 12.8 Å². The van der Waals surface area contributed by atoms with E-state index in [1.165, 1.54) is 4.31 Å². The Kier molecular flexibility index (Phi) is 7.26. The van der Waals surface area contributed by atoms with Gasteiger partial charge in [-0.3, -0.25) is 4.79 Å². The number of rotatable bonds is 5. The third kappa shape index (κ3) is 5.63. The minimum Gasteiger partial charge on any atom is -0.369 e. The molecule has 1 amide bonds. The number of hydrogen-bond donors (Lipinski definition) is 1. The van der Waals surface area contributed by atoms with Gasteiger partial charge in [0.05, 0.1) is 16.0 Å². The molecule has 36 heavy (non-hydrogen) atoms.